The summed E-state index contributed by atoms with van der Waals surface area (Å²) in [6.07, 6.45) is 4.47. The Morgan fingerprint density at radius 2 is 2.08 bits per heavy atom. The summed E-state index contributed by atoms with van der Waals surface area (Å²) in [4.78, 5) is 0. The molecule has 0 amide bonds. The third-order valence-corrected chi connectivity index (χ3v) is 4.45. The maximum Gasteiger partial charge on any atom is -0.0207 e. The van der Waals surface area contributed by atoms with E-state index in [0.717, 1.165) is 29.1 Å². The third kappa shape index (κ3) is 0.963. The second kappa shape index (κ2) is 2.49. The Hall–Kier alpha value is 0. The van der Waals surface area contributed by atoms with Crippen LogP contribution in [0, 0.1) is 29.1 Å². The summed E-state index contributed by atoms with van der Waals surface area (Å²) in [6, 6.07) is 0. The lowest BCUT2D eigenvalue weighted by Gasteiger charge is -2.01. The van der Waals surface area contributed by atoms with Gasteiger partial charge in [-0.15, -0.1) is 0 Å². The van der Waals surface area contributed by atoms with Gasteiger partial charge < -0.3 is 0 Å². The Bertz CT molecular complexity index is 182. The second-order valence-corrected chi connectivity index (χ2v) is 5.45. The van der Waals surface area contributed by atoms with Crippen molar-refractivity contribution in [3.05, 3.63) is 0 Å². The van der Waals surface area contributed by atoms with E-state index in [9.17, 15) is 0 Å². The van der Waals surface area contributed by atoms with E-state index < -0.39 is 0 Å². The molecule has 0 radical (unpaired) electrons. The maximum absolute atomic E-state index is 2.47. The summed E-state index contributed by atoms with van der Waals surface area (Å²) in [5.74, 6) is 4.18. The highest BCUT2D eigenvalue weighted by Gasteiger charge is 2.74. The summed E-state index contributed by atoms with van der Waals surface area (Å²) in [5, 5.41) is 0. The molecule has 2 saturated carbocycles. The zero-order chi connectivity index (χ0) is 8.93. The molecule has 2 aliphatic rings. The number of hydrogen-bond donors (Lipinski definition) is 0. The molecule has 2 aliphatic carbocycles. The first kappa shape index (κ1) is 8.59. The van der Waals surface area contributed by atoms with Crippen LogP contribution in [0.4, 0.5) is 0 Å². The van der Waals surface area contributed by atoms with E-state index in [0.29, 0.717) is 0 Å². The Balaban J connectivity index is 1.89. The molecule has 70 valence electrons. The molecule has 1 spiro atoms. The maximum atomic E-state index is 2.47. The van der Waals surface area contributed by atoms with Gasteiger partial charge in [0.25, 0.3) is 0 Å². The predicted octanol–water partition coefficient (Wildman–Crippen LogP) is 3.71. The summed E-state index contributed by atoms with van der Waals surface area (Å²) in [7, 11) is 0. The highest BCUT2D eigenvalue weighted by Crippen LogP contribution is 2.80. The Morgan fingerprint density at radius 1 is 1.42 bits per heavy atom. The average Bonchev–Trinajstić information content (AvgIpc) is 2.84. The molecule has 0 nitrogen and oxygen atoms in total. The van der Waals surface area contributed by atoms with E-state index in [1.54, 1.807) is 6.42 Å². The van der Waals surface area contributed by atoms with Crippen LogP contribution < -0.4 is 0 Å². The van der Waals surface area contributed by atoms with Crippen molar-refractivity contribution in [3.63, 3.8) is 0 Å². The molecule has 4 atom stereocenters. The van der Waals surface area contributed by atoms with Gasteiger partial charge in [-0.05, 0) is 41.9 Å². The highest BCUT2D eigenvalue weighted by atomic mass is 14.8. The lowest BCUT2D eigenvalue weighted by molar-refractivity contribution is 0.489. The van der Waals surface area contributed by atoms with Crippen molar-refractivity contribution in [1.29, 1.82) is 0 Å². The molecule has 0 bridgehead atoms. The molecule has 2 fully saturated rings. The summed E-state index contributed by atoms with van der Waals surface area (Å²) < 4.78 is 0. The van der Waals surface area contributed by atoms with Gasteiger partial charge in [-0.2, -0.15) is 0 Å². The molecular formula is C12H22. The quantitative estimate of drug-likeness (QED) is 0.599. The van der Waals surface area contributed by atoms with E-state index >= 15 is 0 Å². The van der Waals surface area contributed by atoms with Crippen molar-refractivity contribution in [2.24, 2.45) is 29.1 Å². The summed E-state index contributed by atoms with van der Waals surface area (Å²) in [6.45, 7) is 9.56. The van der Waals surface area contributed by atoms with Crippen molar-refractivity contribution < 1.29 is 0 Å². The first-order valence-electron chi connectivity index (χ1n) is 5.63. The Kier molecular flexibility index (Phi) is 1.79. The smallest absolute Gasteiger partial charge is 0.0207 e. The zero-order valence-corrected chi connectivity index (χ0v) is 8.93. The number of rotatable bonds is 3. The van der Waals surface area contributed by atoms with E-state index in [-0.39, 0.29) is 0 Å². The number of hydrogen-bond acceptors (Lipinski definition) is 0. The molecule has 0 aromatic rings. The third-order valence-electron chi connectivity index (χ3n) is 4.45. The van der Waals surface area contributed by atoms with Crippen molar-refractivity contribution in [2.75, 3.05) is 0 Å². The van der Waals surface area contributed by atoms with Crippen LogP contribution in [-0.2, 0) is 0 Å². The largest absolute Gasteiger partial charge is 0.0651 e. The van der Waals surface area contributed by atoms with E-state index in [1.807, 2.05) is 0 Å². The second-order valence-electron chi connectivity index (χ2n) is 5.45. The molecule has 0 heteroatoms. The summed E-state index contributed by atoms with van der Waals surface area (Å²) in [5.41, 5.74) is 0.874. The van der Waals surface area contributed by atoms with Crippen LogP contribution in [0.15, 0.2) is 0 Å². The van der Waals surface area contributed by atoms with E-state index in [4.69, 9.17) is 0 Å². The predicted molar refractivity (Wildman–Crippen MR) is 52.9 cm³/mol. The molecule has 0 heterocycles. The Labute approximate surface area is 76.7 Å². The van der Waals surface area contributed by atoms with Crippen LogP contribution in [0.2, 0.25) is 0 Å². The topological polar surface area (TPSA) is 0 Å². The molecular weight excluding hydrogens is 144 g/mol. The van der Waals surface area contributed by atoms with E-state index in [1.165, 1.54) is 12.8 Å². The average molecular weight is 166 g/mol. The van der Waals surface area contributed by atoms with Crippen LogP contribution in [0.5, 0.6) is 0 Å². The van der Waals surface area contributed by atoms with Gasteiger partial charge in [-0.1, -0.05) is 34.1 Å². The van der Waals surface area contributed by atoms with Crippen LogP contribution in [0.1, 0.15) is 47.0 Å². The monoisotopic (exact) mass is 166 g/mol. The molecule has 0 aliphatic heterocycles. The Morgan fingerprint density at radius 3 is 2.50 bits per heavy atom. The fourth-order valence-electron chi connectivity index (χ4n) is 3.59. The molecule has 4 unspecified atom stereocenters. The van der Waals surface area contributed by atoms with Crippen molar-refractivity contribution >= 4 is 0 Å². The van der Waals surface area contributed by atoms with Crippen molar-refractivity contribution in [2.45, 2.75) is 47.0 Å². The molecule has 0 saturated heterocycles. The fourth-order valence-corrected chi connectivity index (χ4v) is 3.59. The lowest BCUT2D eigenvalue weighted by Crippen LogP contribution is -1.92. The van der Waals surface area contributed by atoms with E-state index in [2.05, 4.69) is 27.7 Å². The van der Waals surface area contributed by atoms with Crippen molar-refractivity contribution in [1.82, 2.24) is 0 Å². The minimum Gasteiger partial charge on any atom is -0.0651 e. The molecule has 0 N–H and O–H groups in total. The first-order chi connectivity index (χ1) is 5.63. The molecule has 12 heavy (non-hydrogen) atoms. The minimum atomic E-state index is 0.874. The van der Waals surface area contributed by atoms with Gasteiger partial charge in [-0.25, -0.2) is 0 Å². The zero-order valence-electron chi connectivity index (χ0n) is 8.93. The normalized spacial score (nSPS) is 50.2. The molecule has 0 aromatic carbocycles. The molecule has 2 rings (SSSR count). The standard InChI is InChI=1S/C12H22/c1-5-10-7-12(10)9(4)11(12)6-8(2)3/h8-11H,5-7H2,1-4H3. The van der Waals surface area contributed by atoms with Gasteiger partial charge >= 0.3 is 0 Å². The highest BCUT2D eigenvalue weighted by molar-refractivity contribution is 5.22. The SMILES string of the molecule is CCC1CC12C(C)C2CC(C)C. The van der Waals surface area contributed by atoms with Gasteiger partial charge in [0.1, 0.15) is 0 Å². The van der Waals surface area contributed by atoms with Crippen LogP contribution in [-0.4, -0.2) is 0 Å². The molecule has 0 aromatic heterocycles. The minimum absolute atomic E-state index is 0.874. The fraction of sp³-hybridized carbons (Fsp3) is 1.00. The van der Waals surface area contributed by atoms with Gasteiger partial charge in [0.15, 0.2) is 0 Å². The van der Waals surface area contributed by atoms with Crippen LogP contribution >= 0.6 is 0 Å². The first-order valence-corrected chi connectivity index (χ1v) is 5.63. The van der Waals surface area contributed by atoms with Gasteiger partial charge in [-0.3, -0.25) is 0 Å². The summed E-state index contributed by atoms with van der Waals surface area (Å²) >= 11 is 0. The van der Waals surface area contributed by atoms with Crippen LogP contribution in [0.25, 0.3) is 0 Å². The van der Waals surface area contributed by atoms with Crippen molar-refractivity contribution in [3.8, 4) is 0 Å². The van der Waals surface area contributed by atoms with Gasteiger partial charge in [0.2, 0.25) is 0 Å². The lowest BCUT2D eigenvalue weighted by atomic mass is 10.0. The van der Waals surface area contributed by atoms with Gasteiger partial charge in [0.05, 0.1) is 0 Å². The van der Waals surface area contributed by atoms with Crippen LogP contribution in [0.3, 0.4) is 0 Å². The van der Waals surface area contributed by atoms with Gasteiger partial charge in [0, 0.05) is 0 Å².